The maximum atomic E-state index is 12.8. The van der Waals surface area contributed by atoms with Gasteiger partial charge in [0.25, 0.3) is 15.9 Å². The monoisotopic (exact) mass is 454 g/mol. The molecule has 1 saturated heterocycles. The van der Waals surface area contributed by atoms with Crippen molar-refractivity contribution in [2.75, 3.05) is 32.8 Å². The van der Waals surface area contributed by atoms with Crippen molar-refractivity contribution >= 4 is 15.9 Å². The molecule has 1 fully saturated rings. The van der Waals surface area contributed by atoms with Crippen LogP contribution in [0.5, 0.6) is 0 Å². The first-order valence-electron chi connectivity index (χ1n) is 10.5. The zero-order chi connectivity index (χ0) is 22.6. The summed E-state index contributed by atoms with van der Waals surface area (Å²) in [5.41, 5.74) is 1.64. The first kappa shape index (κ1) is 22.3. The highest BCUT2D eigenvalue weighted by Crippen LogP contribution is 2.31. The molecular weight excluding hydrogens is 428 g/mol. The molecule has 4 rings (SSSR count). The van der Waals surface area contributed by atoms with Crippen molar-refractivity contribution in [1.82, 2.24) is 9.62 Å². The lowest BCUT2D eigenvalue weighted by molar-refractivity contribution is 0.0722. The van der Waals surface area contributed by atoms with Gasteiger partial charge < -0.3 is 14.5 Å². The number of carbonyl (C=O) groups is 1. The number of hydrogen-bond donors (Lipinski definition) is 1. The summed E-state index contributed by atoms with van der Waals surface area (Å²) < 4.78 is 37.5. The molecule has 7 nitrogen and oxygen atoms in total. The van der Waals surface area contributed by atoms with Gasteiger partial charge in [0.15, 0.2) is 5.76 Å². The molecule has 3 aromatic rings. The minimum Gasteiger partial charge on any atom is -0.438 e. The molecule has 2 heterocycles. The van der Waals surface area contributed by atoms with Gasteiger partial charge in [-0.25, -0.2) is 8.42 Å². The average molecular weight is 455 g/mol. The van der Waals surface area contributed by atoms with Crippen LogP contribution < -0.4 is 5.32 Å². The summed E-state index contributed by atoms with van der Waals surface area (Å²) in [5, 5.41) is 2.68. The highest BCUT2D eigenvalue weighted by molar-refractivity contribution is 7.89. The Kier molecular flexibility index (Phi) is 6.45. The second kappa shape index (κ2) is 9.28. The summed E-state index contributed by atoms with van der Waals surface area (Å²) in [5.74, 6) is -0.508. The third-order valence-electron chi connectivity index (χ3n) is 5.79. The summed E-state index contributed by atoms with van der Waals surface area (Å²) in [6, 6.07) is 22.6. The van der Waals surface area contributed by atoms with Gasteiger partial charge in [-0.1, -0.05) is 60.7 Å². The minimum absolute atomic E-state index is 0.0414. The average Bonchev–Trinajstić information content (AvgIpc) is 3.35. The van der Waals surface area contributed by atoms with E-state index < -0.39 is 21.3 Å². The third-order valence-corrected chi connectivity index (χ3v) is 7.57. The van der Waals surface area contributed by atoms with Gasteiger partial charge in [0.2, 0.25) is 5.09 Å². The Balaban J connectivity index is 1.52. The van der Waals surface area contributed by atoms with Crippen molar-refractivity contribution in [3.8, 4) is 0 Å². The van der Waals surface area contributed by atoms with Crippen molar-refractivity contribution in [3.05, 3.63) is 89.7 Å². The number of rotatable bonds is 7. The number of sulfonamides is 1. The molecule has 0 atom stereocenters. The molecule has 0 bridgehead atoms. The number of hydrogen-bond acceptors (Lipinski definition) is 5. The summed E-state index contributed by atoms with van der Waals surface area (Å²) in [6.07, 6.45) is 0. The summed E-state index contributed by atoms with van der Waals surface area (Å²) in [7, 11) is -3.80. The predicted octanol–water partition coefficient (Wildman–Crippen LogP) is 3.04. The van der Waals surface area contributed by atoms with Gasteiger partial charge in [-0.15, -0.1) is 0 Å². The van der Waals surface area contributed by atoms with Gasteiger partial charge in [-0.3, -0.25) is 4.79 Å². The number of ether oxygens (including phenoxy) is 1. The van der Waals surface area contributed by atoms with Crippen molar-refractivity contribution in [3.63, 3.8) is 0 Å². The smallest absolute Gasteiger partial charge is 0.287 e. The molecule has 0 spiro atoms. The maximum Gasteiger partial charge on any atom is 0.287 e. The minimum atomic E-state index is -3.80. The van der Waals surface area contributed by atoms with Crippen molar-refractivity contribution in [2.24, 2.45) is 0 Å². The second-order valence-corrected chi connectivity index (χ2v) is 9.75. The van der Waals surface area contributed by atoms with Gasteiger partial charge in [0.05, 0.1) is 13.2 Å². The van der Waals surface area contributed by atoms with E-state index in [9.17, 15) is 13.2 Å². The van der Waals surface area contributed by atoms with Crippen LogP contribution in [-0.4, -0.2) is 51.5 Å². The molecule has 8 heteroatoms. The van der Waals surface area contributed by atoms with E-state index >= 15 is 0 Å². The van der Waals surface area contributed by atoms with Gasteiger partial charge >= 0.3 is 0 Å². The largest absolute Gasteiger partial charge is 0.438 e. The molecule has 0 unspecified atom stereocenters. The molecule has 168 valence electrons. The summed E-state index contributed by atoms with van der Waals surface area (Å²) in [4.78, 5) is 12.8. The summed E-state index contributed by atoms with van der Waals surface area (Å²) in [6.45, 7) is 3.57. The number of amides is 1. The van der Waals surface area contributed by atoms with Crippen LogP contribution in [-0.2, 0) is 20.2 Å². The number of nitrogens with one attached hydrogen (secondary N) is 1. The van der Waals surface area contributed by atoms with Crippen LogP contribution in [0.25, 0.3) is 0 Å². The Bertz CT molecular complexity index is 1110. The first-order valence-corrected chi connectivity index (χ1v) is 11.9. The van der Waals surface area contributed by atoms with Crippen LogP contribution in [0.4, 0.5) is 0 Å². The Labute approximate surface area is 188 Å². The molecule has 0 saturated carbocycles. The lowest BCUT2D eigenvalue weighted by Gasteiger charge is -2.31. The van der Waals surface area contributed by atoms with Crippen molar-refractivity contribution in [1.29, 1.82) is 0 Å². The molecule has 1 aliphatic heterocycles. The number of morpholine rings is 1. The molecule has 0 aliphatic carbocycles. The molecule has 0 radical (unpaired) electrons. The third kappa shape index (κ3) is 4.48. The number of benzene rings is 2. The molecule has 32 heavy (non-hydrogen) atoms. The van der Waals surface area contributed by atoms with Gasteiger partial charge in [-0.2, -0.15) is 4.31 Å². The van der Waals surface area contributed by atoms with E-state index in [0.29, 0.717) is 19.8 Å². The topological polar surface area (TPSA) is 88.9 Å². The van der Waals surface area contributed by atoms with E-state index in [0.717, 1.165) is 11.1 Å². The quantitative estimate of drug-likeness (QED) is 0.593. The second-order valence-electron chi connectivity index (χ2n) is 7.88. The SMILES string of the molecule is CC(CNC(=O)c1ccc(S(=O)(=O)N2CCOCC2)o1)(c1ccccc1)c1ccccc1. The Morgan fingerprint density at radius 3 is 2.06 bits per heavy atom. The highest BCUT2D eigenvalue weighted by Gasteiger charge is 2.32. The van der Waals surface area contributed by atoms with E-state index in [1.807, 2.05) is 60.7 Å². The van der Waals surface area contributed by atoms with Gasteiger partial charge in [0, 0.05) is 25.0 Å². The molecule has 2 aromatic carbocycles. The van der Waals surface area contributed by atoms with Crippen LogP contribution in [0, 0.1) is 0 Å². The molecule has 1 aromatic heterocycles. The van der Waals surface area contributed by atoms with Crippen LogP contribution in [0.1, 0.15) is 28.6 Å². The summed E-state index contributed by atoms with van der Waals surface area (Å²) >= 11 is 0. The Morgan fingerprint density at radius 2 is 1.50 bits per heavy atom. The normalized spacial score (nSPS) is 15.4. The zero-order valence-corrected chi connectivity index (χ0v) is 18.7. The van der Waals surface area contributed by atoms with Crippen molar-refractivity contribution in [2.45, 2.75) is 17.4 Å². The van der Waals surface area contributed by atoms with E-state index in [1.165, 1.54) is 16.4 Å². The van der Waals surface area contributed by atoms with Crippen molar-refractivity contribution < 1.29 is 22.4 Å². The van der Waals surface area contributed by atoms with Crippen LogP contribution in [0.2, 0.25) is 0 Å². The maximum absolute atomic E-state index is 12.8. The fraction of sp³-hybridized carbons (Fsp3) is 0.292. The Hall–Kier alpha value is -2.94. The molecule has 1 amide bonds. The fourth-order valence-electron chi connectivity index (χ4n) is 3.82. The molecule has 1 aliphatic rings. The molecule has 1 N–H and O–H groups in total. The fourth-order valence-corrected chi connectivity index (χ4v) is 5.14. The van der Waals surface area contributed by atoms with E-state index in [2.05, 4.69) is 12.2 Å². The number of nitrogens with zero attached hydrogens (tertiary/aromatic N) is 1. The van der Waals surface area contributed by atoms with Gasteiger partial charge in [0.1, 0.15) is 0 Å². The predicted molar refractivity (Wildman–Crippen MR) is 120 cm³/mol. The van der Waals surface area contributed by atoms with Crippen LogP contribution in [0.3, 0.4) is 0 Å². The zero-order valence-electron chi connectivity index (χ0n) is 17.9. The number of carbonyl (C=O) groups excluding carboxylic acids is 1. The lowest BCUT2D eigenvalue weighted by atomic mass is 9.76. The highest BCUT2D eigenvalue weighted by atomic mass is 32.2. The van der Waals surface area contributed by atoms with Crippen LogP contribution >= 0.6 is 0 Å². The standard InChI is InChI=1S/C24H26N2O5S/c1-24(19-8-4-2-5-9-19,20-10-6-3-7-11-20)18-25-23(27)21-12-13-22(31-21)32(28,29)26-14-16-30-17-15-26/h2-13H,14-18H2,1H3,(H,25,27). The first-order chi connectivity index (χ1) is 15.4. The Morgan fingerprint density at radius 1 is 0.938 bits per heavy atom. The lowest BCUT2D eigenvalue weighted by Crippen LogP contribution is -2.40. The number of furan rings is 1. The van der Waals surface area contributed by atoms with Crippen LogP contribution in [0.15, 0.2) is 82.3 Å². The van der Waals surface area contributed by atoms with E-state index in [1.54, 1.807) is 0 Å². The van der Waals surface area contributed by atoms with E-state index in [-0.39, 0.29) is 23.9 Å². The molecular formula is C24H26N2O5S. The van der Waals surface area contributed by atoms with Gasteiger partial charge in [-0.05, 0) is 30.2 Å². The van der Waals surface area contributed by atoms with E-state index in [4.69, 9.17) is 9.15 Å².